The Balaban J connectivity index is 1.65. The highest BCUT2D eigenvalue weighted by Crippen LogP contribution is 2.16. The predicted octanol–water partition coefficient (Wildman–Crippen LogP) is 1.77. The molecule has 0 saturated carbocycles. The maximum atomic E-state index is 12.1. The second kappa shape index (κ2) is 7.35. The topological polar surface area (TPSA) is 99.0 Å². The summed E-state index contributed by atoms with van der Waals surface area (Å²) in [5, 5.41) is 7.04. The summed E-state index contributed by atoms with van der Waals surface area (Å²) in [4.78, 5) is 31.4. The average molecular weight is 337 g/mol. The lowest BCUT2D eigenvalue weighted by molar-refractivity contribution is -0.119. The molecule has 0 bridgehead atoms. The number of hydrogen-bond acceptors (Lipinski definition) is 6. The van der Waals surface area contributed by atoms with Crippen molar-refractivity contribution in [1.82, 2.24) is 19.7 Å². The van der Waals surface area contributed by atoms with Gasteiger partial charge in [0, 0.05) is 18.5 Å². The Morgan fingerprint density at radius 1 is 1.20 bits per heavy atom. The number of anilines is 1. The second-order valence-corrected chi connectivity index (χ2v) is 5.13. The van der Waals surface area contributed by atoms with Gasteiger partial charge in [0.25, 0.3) is 5.91 Å². The van der Waals surface area contributed by atoms with Gasteiger partial charge in [-0.1, -0.05) is 18.2 Å². The van der Waals surface area contributed by atoms with Gasteiger partial charge < -0.3 is 10.1 Å². The van der Waals surface area contributed by atoms with E-state index in [2.05, 4.69) is 20.4 Å². The van der Waals surface area contributed by atoms with Gasteiger partial charge in [-0.2, -0.15) is 5.10 Å². The molecule has 0 atom stereocenters. The molecule has 0 fully saturated rings. The third-order valence-corrected chi connectivity index (χ3v) is 3.21. The molecule has 0 aliphatic heterocycles. The van der Waals surface area contributed by atoms with Crippen molar-refractivity contribution in [3.63, 3.8) is 0 Å². The first-order valence-electron chi connectivity index (χ1n) is 7.48. The number of amides is 1. The molecule has 8 heteroatoms. The van der Waals surface area contributed by atoms with Gasteiger partial charge in [-0.3, -0.25) is 9.78 Å². The van der Waals surface area contributed by atoms with Crippen molar-refractivity contribution in [2.24, 2.45) is 0 Å². The molecule has 2 aromatic heterocycles. The number of esters is 1. The maximum Gasteiger partial charge on any atom is 0.359 e. The lowest BCUT2D eigenvalue weighted by Gasteiger charge is -2.09. The molecule has 1 amide bonds. The minimum absolute atomic E-state index is 0.0421. The lowest BCUT2D eigenvalue weighted by atomic mass is 10.3. The largest absolute Gasteiger partial charge is 0.451 e. The molecule has 0 unspecified atom stereocenters. The van der Waals surface area contributed by atoms with E-state index in [1.54, 1.807) is 10.7 Å². The van der Waals surface area contributed by atoms with Crippen LogP contribution in [0.3, 0.4) is 0 Å². The van der Waals surface area contributed by atoms with Crippen LogP contribution in [0.15, 0.2) is 55.0 Å². The first kappa shape index (κ1) is 16.3. The summed E-state index contributed by atoms with van der Waals surface area (Å²) in [6.45, 7) is 1.39. The van der Waals surface area contributed by atoms with E-state index in [1.807, 2.05) is 37.3 Å². The van der Waals surface area contributed by atoms with Gasteiger partial charge in [-0.15, -0.1) is 0 Å². The van der Waals surface area contributed by atoms with E-state index < -0.39 is 18.5 Å². The quantitative estimate of drug-likeness (QED) is 0.712. The van der Waals surface area contributed by atoms with Crippen LogP contribution in [-0.2, 0) is 9.53 Å². The molecule has 0 saturated heterocycles. The Morgan fingerprint density at radius 3 is 2.72 bits per heavy atom. The van der Waals surface area contributed by atoms with Gasteiger partial charge in [0.15, 0.2) is 12.3 Å². The van der Waals surface area contributed by atoms with E-state index in [1.165, 1.54) is 18.6 Å². The van der Waals surface area contributed by atoms with Crippen LogP contribution in [-0.4, -0.2) is 38.2 Å². The number of aromatic nitrogens is 4. The van der Waals surface area contributed by atoms with Crippen molar-refractivity contribution in [3.8, 4) is 5.69 Å². The molecule has 1 aromatic carbocycles. The van der Waals surface area contributed by atoms with Crippen LogP contribution in [0, 0.1) is 6.92 Å². The van der Waals surface area contributed by atoms with Crippen LogP contribution < -0.4 is 5.32 Å². The van der Waals surface area contributed by atoms with Crippen LogP contribution in [0.4, 0.5) is 5.82 Å². The van der Waals surface area contributed by atoms with Crippen LogP contribution in [0.2, 0.25) is 0 Å². The Kier molecular flexibility index (Phi) is 4.79. The van der Waals surface area contributed by atoms with Crippen molar-refractivity contribution >= 4 is 17.7 Å². The molecular formula is C17H15N5O3. The molecule has 0 aliphatic rings. The molecule has 1 N–H and O–H groups in total. The van der Waals surface area contributed by atoms with Gasteiger partial charge >= 0.3 is 5.97 Å². The molecule has 3 rings (SSSR count). The summed E-state index contributed by atoms with van der Waals surface area (Å²) in [5.41, 5.74) is 1.60. The van der Waals surface area contributed by atoms with Crippen LogP contribution in [0.1, 0.15) is 16.2 Å². The van der Waals surface area contributed by atoms with Crippen LogP contribution >= 0.6 is 0 Å². The van der Waals surface area contributed by atoms with Crippen molar-refractivity contribution in [3.05, 3.63) is 66.4 Å². The van der Waals surface area contributed by atoms with E-state index in [4.69, 9.17) is 4.74 Å². The highest BCUT2D eigenvalue weighted by Gasteiger charge is 2.14. The maximum absolute atomic E-state index is 12.1. The average Bonchev–Trinajstić information content (AvgIpc) is 3.01. The molecule has 3 aromatic rings. The standard InChI is InChI=1S/C17H15N5O3/c1-12-9-15(22(21-12)13-5-3-2-4-6-13)20-16(23)11-25-17(24)14-10-18-7-8-19-14/h2-10H,11H2,1H3,(H,20,23). The van der Waals surface area contributed by atoms with Gasteiger partial charge in [0.05, 0.1) is 17.6 Å². The highest BCUT2D eigenvalue weighted by molar-refractivity contribution is 5.94. The molecule has 25 heavy (non-hydrogen) atoms. The third-order valence-electron chi connectivity index (χ3n) is 3.21. The summed E-state index contributed by atoms with van der Waals surface area (Å²) >= 11 is 0. The molecule has 126 valence electrons. The molecule has 0 spiro atoms. The number of carbonyl (C=O) groups is 2. The highest BCUT2D eigenvalue weighted by atomic mass is 16.5. The van der Waals surface area contributed by atoms with E-state index in [0.29, 0.717) is 5.82 Å². The molecule has 0 radical (unpaired) electrons. The van der Waals surface area contributed by atoms with Gasteiger partial charge in [-0.25, -0.2) is 14.5 Å². The number of hydrogen-bond donors (Lipinski definition) is 1. The fraction of sp³-hybridized carbons (Fsp3) is 0.118. The summed E-state index contributed by atoms with van der Waals surface area (Å²) in [6, 6.07) is 11.1. The van der Waals surface area contributed by atoms with E-state index in [0.717, 1.165) is 11.4 Å². The monoisotopic (exact) mass is 337 g/mol. The summed E-state index contributed by atoms with van der Waals surface area (Å²) < 4.78 is 6.54. The van der Waals surface area contributed by atoms with Crippen molar-refractivity contribution in [2.45, 2.75) is 6.92 Å². The van der Waals surface area contributed by atoms with Crippen molar-refractivity contribution < 1.29 is 14.3 Å². The Hall–Kier alpha value is -3.55. The number of aryl methyl sites for hydroxylation is 1. The zero-order valence-electron chi connectivity index (χ0n) is 13.4. The lowest BCUT2D eigenvalue weighted by Crippen LogP contribution is -2.22. The number of benzene rings is 1. The molecule has 2 heterocycles. The Labute approximate surface area is 143 Å². The van der Waals surface area contributed by atoms with Gasteiger partial charge in [0.2, 0.25) is 0 Å². The predicted molar refractivity (Wildman–Crippen MR) is 89.2 cm³/mol. The van der Waals surface area contributed by atoms with Gasteiger partial charge in [0.1, 0.15) is 5.82 Å². The van der Waals surface area contributed by atoms with Crippen LogP contribution in [0.25, 0.3) is 5.69 Å². The minimum Gasteiger partial charge on any atom is -0.451 e. The fourth-order valence-corrected chi connectivity index (χ4v) is 2.14. The second-order valence-electron chi connectivity index (χ2n) is 5.13. The number of ether oxygens (including phenoxy) is 1. The van der Waals surface area contributed by atoms with Crippen molar-refractivity contribution in [2.75, 3.05) is 11.9 Å². The first-order valence-corrected chi connectivity index (χ1v) is 7.48. The van der Waals surface area contributed by atoms with Crippen LogP contribution in [0.5, 0.6) is 0 Å². The number of nitrogens with zero attached hydrogens (tertiary/aromatic N) is 4. The van der Waals surface area contributed by atoms with Gasteiger partial charge in [-0.05, 0) is 19.1 Å². The van der Waals surface area contributed by atoms with Crippen molar-refractivity contribution in [1.29, 1.82) is 0 Å². The van der Waals surface area contributed by atoms with E-state index in [-0.39, 0.29) is 5.69 Å². The third kappa shape index (κ3) is 4.05. The number of carbonyl (C=O) groups excluding carboxylic acids is 2. The minimum atomic E-state index is -0.712. The van der Waals surface area contributed by atoms with E-state index >= 15 is 0 Å². The normalized spacial score (nSPS) is 10.3. The number of nitrogens with one attached hydrogen (secondary N) is 1. The summed E-state index contributed by atoms with van der Waals surface area (Å²) in [7, 11) is 0. The smallest absolute Gasteiger partial charge is 0.359 e. The summed E-state index contributed by atoms with van der Waals surface area (Å²) in [5.74, 6) is -0.699. The molecular weight excluding hydrogens is 322 g/mol. The SMILES string of the molecule is Cc1cc(NC(=O)COC(=O)c2cnccn2)n(-c2ccccc2)n1. The summed E-state index contributed by atoms with van der Waals surface area (Å²) in [6.07, 6.45) is 4.09. The van der Waals surface area contributed by atoms with E-state index in [9.17, 15) is 9.59 Å². The zero-order chi connectivity index (χ0) is 17.6. The molecule has 0 aliphatic carbocycles. The molecule has 8 nitrogen and oxygen atoms in total. The Morgan fingerprint density at radius 2 is 2.00 bits per heavy atom. The number of para-hydroxylation sites is 1. The fourth-order valence-electron chi connectivity index (χ4n) is 2.14. The number of rotatable bonds is 5. The first-order chi connectivity index (χ1) is 12.1. The zero-order valence-corrected chi connectivity index (χ0v) is 13.4. The Bertz CT molecular complexity index is 878.